The zero-order valence-corrected chi connectivity index (χ0v) is 22.9. The van der Waals surface area contributed by atoms with Crippen LogP contribution in [-0.4, -0.2) is 62.3 Å². The Morgan fingerprint density at radius 1 is 1.16 bits per heavy atom. The summed E-state index contributed by atoms with van der Waals surface area (Å²) in [5.74, 6) is 0.886. The average molecular weight is 571 g/mol. The van der Waals surface area contributed by atoms with Gasteiger partial charge in [-0.25, -0.2) is 9.97 Å². The smallest absolute Gasteiger partial charge is 0.480 e. The van der Waals surface area contributed by atoms with Crippen molar-refractivity contribution in [3.05, 3.63) is 46.7 Å². The lowest BCUT2D eigenvalue weighted by atomic mass is 10.1. The topological polar surface area (TPSA) is 128 Å². The molecule has 0 atom stereocenters. The fraction of sp³-hybridized carbons (Fsp3) is 0.318. The zero-order chi connectivity index (χ0) is 26.7. The van der Waals surface area contributed by atoms with E-state index in [-0.39, 0.29) is 28.3 Å². The molecule has 11 nitrogen and oxygen atoms in total. The number of likely N-dealkylation sites (N-methyl/N-ethyl adjacent to an activating group) is 1. The third-order valence-corrected chi connectivity index (χ3v) is 6.42. The molecule has 1 aromatic carbocycles. The second kappa shape index (κ2) is 11.2. The number of fused-ring (bicyclic) bond motifs is 1. The van der Waals surface area contributed by atoms with Crippen LogP contribution in [0.5, 0.6) is 17.4 Å². The number of methoxy groups -OCH3 is 1. The summed E-state index contributed by atoms with van der Waals surface area (Å²) >= 11 is 6.35. The van der Waals surface area contributed by atoms with E-state index >= 15 is 0 Å². The molecule has 2 aromatic heterocycles. The molecule has 0 unspecified atom stereocenters. The maximum Gasteiger partial charge on any atom is 0.488 e. The van der Waals surface area contributed by atoms with E-state index in [2.05, 4.69) is 34.7 Å². The number of rotatable bonds is 9. The summed E-state index contributed by atoms with van der Waals surface area (Å²) in [6.07, 6.45) is 2.25. The first-order chi connectivity index (χ1) is 17.5. The Morgan fingerprint density at radius 3 is 2.65 bits per heavy atom. The molecular weight excluding hydrogens is 546 g/mol. The van der Waals surface area contributed by atoms with Gasteiger partial charge in [0, 0.05) is 25.6 Å². The SMILES string of the molecule is COc1nc2c(cc1Nc1ncc(Cl)c(Nc3ccc(OS(=O)(=O)F)cc3OP(C)C)n1)CN(C)CC2. The van der Waals surface area contributed by atoms with Gasteiger partial charge in [0.05, 0.1) is 32.8 Å². The number of hydrogen-bond donors (Lipinski definition) is 2. The third kappa shape index (κ3) is 7.07. The molecule has 0 amide bonds. The normalized spacial score (nSPS) is 13.7. The van der Waals surface area contributed by atoms with Gasteiger partial charge in [0.25, 0.3) is 0 Å². The number of anilines is 4. The molecule has 1 aliphatic heterocycles. The summed E-state index contributed by atoms with van der Waals surface area (Å²) in [7, 11) is -2.51. The molecule has 37 heavy (non-hydrogen) atoms. The van der Waals surface area contributed by atoms with Crippen LogP contribution < -0.4 is 24.1 Å². The van der Waals surface area contributed by atoms with Crippen LogP contribution in [0.1, 0.15) is 11.3 Å². The summed E-state index contributed by atoms with van der Waals surface area (Å²) < 4.78 is 50.4. The molecule has 0 saturated carbocycles. The third-order valence-electron chi connectivity index (χ3n) is 5.19. The van der Waals surface area contributed by atoms with E-state index in [9.17, 15) is 12.3 Å². The van der Waals surface area contributed by atoms with Crippen LogP contribution in [0, 0.1) is 0 Å². The number of hydrogen-bond acceptors (Lipinski definition) is 11. The van der Waals surface area contributed by atoms with Crippen molar-refractivity contribution in [1.29, 1.82) is 0 Å². The van der Waals surface area contributed by atoms with Gasteiger partial charge in [-0.1, -0.05) is 15.5 Å². The van der Waals surface area contributed by atoms with Gasteiger partial charge in [-0.05, 0) is 44.1 Å². The molecule has 0 bridgehead atoms. The molecule has 1 aliphatic rings. The van der Waals surface area contributed by atoms with Gasteiger partial charge < -0.3 is 29.0 Å². The van der Waals surface area contributed by atoms with Crippen molar-refractivity contribution in [2.45, 2.75) is 13.0 Å². The Hall–Kier alpha value is -2.99. The Morgan fingerprint density at radius 2 is 1.95 bits per heavy atom. The minimum Gasteiger partial charge on any atom is -0.480 e. The largest absolute Gasteiger partial charge is 0.488 e. The summed E-state index contributed by atoms with van der Waals surface area (Å²) in [6, 6.07) is 5.97. The maximum absolute atomic E-state index is 13.0. The highest BCUT2D eigenvalue weighted by atomic mass is 35.5. The van der Waals surface area contributed by atoms with E-state index in [1.165, 1.54) is 24.4 Å². The van der Waals surface area contributed by atoms with E-state index in [1.807, 2.05) is 26.4 Å². The molecule has 0 spiro atoms. The van der Waals surface area contributed by atoms with Gasteiger partial charge in [-0.2, -0.15) is 13.4 Å². The van der Waals surface area contributed by atoms with Crippen molar-refractivity contribution < 1.29 is 25.7 Å². The van der Waals surface area contributed by atoms with Crippen molar-refractivity contribution in [3.8, 4) is 17.4 Å². The molecule has 3 heterocycles. The summed E-state index contributed by atoms with van der Waals surface area (Å²) in [5.41, 5.74) is 3.08. The fourth-order valence-corrected chi connectivity index (χ4v) is 4.66. The monoisotopic (exact) mass is 570 g/mol. The van der Waals surface area contributed by atoms with Crippen LogP contribution >= 0.6 is 19.7 Å². The van der Waals surface area contributed by atoms with Crippen LogP contribution in [0.4, 0.5) is 27.0 Å². The molecule has 0 aliphatic carbocycles. The van der Waals surface area contributed by atoms with Crippen LogP contribution in [0.3, 0.4) is 0 Å². The van der Waals surface area contributed by atoms with Crippen LogP contribution in [0.2, 0.25) is 5.02 Å². The number of benzene rings is 1. The van der Waals surface area contributed by atoms with E-state index in [4.69, 9.17) is 20.9 Å². The quantitative estimate of drug-likeness (QED) is 0.276. The van der Waals surface area contributed by atoms with E-state index in [0.29, 0.717) is 17.3 Å². The highest BCUT2D eigenvalue weighted by Crippen LogP contribution is 2.40. The number of aromatic nitrogens is 3. The van der Waals surface area contributed by atoms with Crippen molar-refractivity contribution in [2.75, 3.05) is 44.7 Å². The predicted molar refractivity (Wildman–Crippen MR) is 141 cm³/mol. The summed E-state index contributed by atoms with van der Waals surface area (Å²) in [5, 5.41) is 6.42. The number of nitrogens with zero attached hydrogens (tertiary/aromatic N) is 4. The Labute approximate surface area is 220 Å². The molecule has 2 N–H and O–H groups in total. The van der Waals surface area contributed by atoms with Gasteiger partial charge in [0.2, 0.25) is 11.8 Å². The molecule has 4 rings (SSSR count). The first kappa shape index (κ1) is 27.1. The van der Waals surface area contributed by atoms with Crippen LogP contribution in [-0.2, 0) is 23.5 Å². The van der Waals surface area contributed by atoms with Crippen LogP contribution in [0.15, 0.2) is 30.5 Å². The van der Waals surface area contributed by atoms with Crippen molar-refractivity contribution in [3.63, 3.8) is 0 Å². The summed E-state index contributed by atoms with van der Waals surface area (Å²) in [4.78, 5) is 15.6. The first-order valence-corrected chi connectivity index (χ1v) is 14.8. The minimum atomic E-state index is -5.19. The molecule has 0 saturated heterocycles. The van der Waals surface area contributed by atoms with Gasteiger partial charge in [0.15, 0.2) is 5.82 Å². The second-order valence-corrected chi connectivity index (χ2v) is 11.5. The highest BCUT2D eigenvalue weighted by Gasteiger charge is 2.20. The van der Waals surface area contributed by atoms with Gasteiger partial charge in [-0.3, -0.25) is 0 Å². The molecule has 0 fully saturated rings. The standard InChI is InChI=1S/C22H25ClFN6O5PS/c1-30-8-7-16-13(12-30)9-18(21(27-16)33-2)28-22-25-11-15(23)20(29-22)26-17-6-5-14(35-37(24,31)32)10-19(17)34-36(3)4/h5-6,9-11H,7-8,12H2,1-4H3,(H2,25,26,28,29). The second-order valence-electron chi connectivity index (χ2n) is 8.32. The maximum atomic E-state index is 13.0. The van der Waals surface area contributed by atoms with Gasteiger partial charge >= 0.3 is 10.5 Å². The first-order valence-electron chi connectivity index (χ1n) is 11.0. The van der Waals surface area contributed by atoms with Crippen molar-refractivity contribution in [1.82, 2.24) is 19.9 Å². The molecular formula is C22H25ClFN6O5PS. The molecule has 3 aromatic rings. The Kier molecular flexibility index (Phi) is 8.17. The lowest BCUT2D eigenvalue weighted by Gasteiger charge is -2.25. The van der Waals surface area contributed by atoms with E-state index < -0.39 is 18.7 Å². The zero-order valence-electron chi connectivity index (χ0n) is 20.4. The molecule has 15 heteroatoms. The van der Waals surface area contributed by atoms with E-state index in [0.717, 1.165) is 30.8 Å². The predicted octanol–water partition coefficient (Wildman–Crippen LogP) is 4.64. The Bertz CT molecular complexity index is 1410. The van der Waals surface area contributed by atoms with E-state index in [1.54, 1.807) is 7.11 Å². The fourth-order valence-electron chi connectivity index (χ4n) is 3.65. The number of halogens is 2. The highest BCUT2D eigenvalue weighted by molar-refractivity contribution is 7.81. The molecule has 0 radical (unpaired) electrons. The van der Waals surface area contributed by atoms with Crippen molar-refractivity contribution in [2.24, 2.45) is 0 Å². The molecule has 198 valence electrons. The Balaban J connectivity index is 1.62. The lowest BCUT2D eigenvalue weighted by molar-refractivity contribution is 0.307. The van der Waals surface area contributed by atoms with Gasteiger partial charge in [0.1, 0.15) is 22.2 Å². The van der Waals surface area contributed by atoms with Crippen molar-refractivity contribution >= 4 is 53.4 Å². The summed E-state index contributed by atoms with van der Waals surface area (Å²) in [6.45, 7) is 5.37. The van der Waals surface area contributed by atoms with Gasteiger partial charge in [-0.15, -0.1) is 0 Å². The minimum absolute atomic E-state index is 0.218. The van der Waals surface area contributed by atoms with Crippen LogP contribution in [0.25, 0.3) is 0 Å². The average Bonchev–Trinajstić information content (AvgIpc) is 2.81. The number of ether oxygens (including phenoxy) is 1. The number of pyridine rings is 1. The lowest BCUT2D eigenvalue weighted by Crippen LogP contribution is -2.27. The number of nitrogens with one attached hydrogen (secondary N) is 2.